The third kappa shape index (κ3) is 4.88. The molecule has 3 heterocycles. The lowest BCUT2D eigenvalue weighted by Crippen LogP contribution is -2.09. The van der Waals surface area contributed by atoms with E-state index < -0.39 is 0 Å². The first kappa shape index (κ1) is 29.0. The molecule has 0 fully saturated rings. The summed E-state index contributed by atoms with van der Waals surface area (Å²) in [4.78, 5) is 17.2. The Labute approximate surface area is 294 Å². The van der Waals surface area contributed by atoms with E-state index in [2.05, 4.69) is 174 Å². The Morgan fingerprint density at radius 3 is 1.92 bits per heavy atom. The molecule has 0 radical (unpaired) electrons. The Kier molecular flexibility index (Phi) is 6.78. The monoisotopic (exact) mass is 650 g/mol. The van der Waals surface area contributed by atoms with Gasteiger partial charge in [-0.3, -0.25) is 9.97 Å². The molecule has 0 aliphatic heterocycles. The van der Waals surface area contributed by atoms with Crippen molar-refractivity contribution < 1.29 is 0 Å². The lowest BCUT2D eigenvalue weighted by Gasteiger charge is -2.26. The minimum absolute atomic E-state index is 0.908. The zero-order valence-corrected chi connectivity index (χ0v) is 27.6. The van der Waals surface area contributed by atoms with Gasteiger partial charge < -0.3 is 4.90 Å². The summed E-state index contributed by atoms with van der Waals surface area (Å²) >= 11 is 0. The van der Waals surface area contributed by atoms with Crippen LogP contribution in [0.1, 0.15) is 0 Å². The minimum Gasteiger partial charge on any atom is -0.310 e. The van der Waals surface area contributed by atoms with Gasteiger partial charge >= 0.3 is 0 Å². The highest BCUT2D eigenvalue weighted by atomic mass is 15.1. The van der Waals surface area contributed by atoms with Gasteiger partial charge in [0, 0.05) is 62.0 Å². The molecule has 0 spiro atoms. The highest BCUT2D eigenvalue weighted by Gasteiger charge is 2.18. The molecule has 3 aromatic heterocycles. The number of fused-ring (bicyclic) bond motifs is 8. The molecule has 10 rings (SSSR count). The first-order valence-electron chi connectivity index (χ1n) is 17.2. The van der Waals surface area contributed by atoms with E-state index >= 15 is 0 Å². The van der Waals surface area contributed by atoms with Gasteiger partial charge in [0.05, 0.1) is 22.2 Å². The SMILES string of the molecule is c1ccc(N(c2ccccc2)c2ccc3c(c2)nc(-c2cccc(-c4ccnc5c4ccc4cccnc45)c2)c2ccc4ccccc4c23)cc1. The minimum atomic E-state index is 0.908. The van der Waals surface area contributed by atoms with Gasteiger partial charge in [0.1, 0.15) is 0 Å². The molecule has 0 saturated carbocycles. The molecule has 238 valence electrons. The maximum Gasteiger partial charge on any atom is 0.0970 e. The molecule has 7 aromatic carbocycles. The molecule has 0 aliphatic rings. The van der Waals surface area contributed by atoms with Crippen LogP contribution in [0.2, 0.25) is 0 Å². The van der Waals surface area contributed by atoms with Crippen molar-refractivity contribution in [3.8, 4) is 22.4 Å². The highest BCUT2D eigenvalue weighted by molar-refractivity contribution is 6.22. The summed E-state index contributed by atoms with van der Waals surface area (Å²) in [6.45, 7) is 0. The number of pyridine rings is 3. The van der Waals surface area contributed by atoms with Crippen LogP contribution in [0.25, 0.3) is 76.6 Å². The van der Waals surface area contributed by atoms with Crippen molar-refractivity contribution in [1.82, 2.24) is 15.0 Å². The quantitative estimate of drug-likeness (QED) is 0.174. The van der Waals surface area contributed by atoms with E-state index in [0.29, 0.717) is 0 Å². The van der Waals surface area contributed by atoms with Gasteiger partial charge in [0.2, 0.25) is 0 Å². The van der Waals surface area contributed by atoms with Gasteiger partial charge in [0.15, 0.2) is 0 Å². The van der Waals surface area contributed by atoms with Crippen molar-refractivity contribution >= 4 is 71.3 Å². The summed E-state index contributed by atoms with van der Waals surface area (Å²) in [5.74, 6) is 0. The second-order valence-corrected chi connectivity index (χ2v) is 12.9. The molecule has 0 N–H and O–H groups in total. The van der Waals surface area contributed by atoms with Crippen molar-refractivity contribution in [2.24, 2.45) is 0 Å². The van der Waals surface area contributed by atoms with Gasteiger partial charge in [-0.05, 0) is 76.5 Å². The van der Waals surface area contributed by atoms with E-state index in [4.69, 9.17) is 9.97 Å². The summed E-state index contributed by atoms with van der Waals surface area (Å²) in [5, 5.41) is 8.06. The van der Waals surface area contributed by atoms with Gasteiger partial charge in [-0.1, -0.05) is 115 Å². The van der Waals surface area contributed by atoms with Gasteiger partial charge in [-0.25, -0.2) is 4.98 Å². The molecule has 4 nitrogen and oxygen atoms in total. The molecular weight excluding hydrogens is 621 g/mol. The second kappa shape index (κ2) is 11.9. The Hall–Kier alpha value is -6.91. The average molecular weight is 651 g/mol. The van der Waals surface area contributed by atoms with Crippen LogP contribution in [-0.4, -0.2) is 15.0 Å². The van der Waals surface area contributed by atoms with Crippen LogP contribution in [0.4, 0.5) is 17.1 Å². The molecule has 4 heteroatoms. The third-order valence-electron chi connectivity index (χ3n) is 9.88. The molecule has 10 aromatic rings. The van der Waals surface area contributed by atoms with E-state index in [1.165, 1.54) is 16.2 Å². The average Bonchev–Trinajstić information content (AvgIpc) is 3.21. The Balaban J connectivity index is 1.21. The molecule has 0 saturated heterocycles. The van der Waals surface area contributed by atoms with Gasteiger partial charge in [0.25, 0.3) is 0 Å². The molecule has 0 amide bonds. The fourth-order valence-electron chi connectivity index (χ4n) is 7.56. The normalized spacial score (nSPS) is 11.5. The fraction of sp³-hybridized carbons (Fsp3) is 0. The standard InChI is InChI=1S/C47H30N4/c1-3-15-35(16-4-1)51(36-17-5-2-6-18-36)37-22-25-41-43(30-37)50-45(42-24-20-31-11-7-8-19-39(31)44(41)42)34-13-9-12-33(29-34)38-26-28-49-47-40(38)23-21-32-14-10-27-48-46(32)47/h1-30H. The van der Waals surface area contributed by atoms with Gasteiger partial charge in [-0.15, -0.1) is 0 Å². The first-order chi connectivity index (χ1) is 25.3. The van der Waals surface area contributed by atoms with Crippen molar-refractivity contribution in [2.75, 3.05) is 4.90 Å². The second-order valence-electron chi connectivity index (χ2n) is 12.9. The van der Waals surface area contributed by atoms with Crippen LogP contribution >= 0.6 is 0 Å². The smallest absolute Gasteiger partial charge is 0.0970 e. The number of aromatic nitrogens is 3. The maximum atomic E-state index is 5.50. The van der Waals surface area contributed by atoms with E-state index in [9.17, 15) is 0 Å². The van der Waals surface area contributed by atoms with E-state index in [1.54, 1.807) is 0 Å². The summed E-state index contributed by atoms with van der Waals surface area (Å²) in [5.41, 5.74) is 10.3. The van der Waals surface area contributed by atoms with Crippen LogP contribution in [-0.2, 0) is 0 Å². The number of rotatable bonds is 5. The number of hydrogen-bond acceptors (Lipinski definition) is 4. The van der Waals surface area contributed by atoms with Gasteiger partial charge in [-0.2, -0.15) is 0 Å². The largest absolute Gasteiger partial charge is 0.310 e. The Morgan fingerprint density at radius 2 is 1.08 bits per heavy atom. The maximum absolute atomic E-state index is 5.50. The number of nitrogens with zero attached hydrogens (tertiary/aromatic N) is 4. The third-order valence-corrected chi connectivity index (χ3v) is 9.88. The lowest BCUT2D eigenvalue weighted by molar-refractivity contribution is 1.28. The summed E-state index contributed by atoms with van der Waals surface area (Å²) in [6, 6.07) is 60.1. The van der Waals surface area contributed by atoms with Crippen LogP contribution in [0, 0.1) is 0 Å². The van der Waals surface area contributed by atoms with Crippen LogP contribution in [0.3, 0.4) is 0 Å². The Morgan fingerprint density at radius 1 is 0.392 bits per heavy atom. The van der Waals surface area contributed by atoms with Crippen LogP contribution in [0.5, 0.6) is 0 Å². The summed E-state index contributed by atoms with van der Waals surface area (Å²) < 4.78 is 0. The summed E-state index contributed by atoms with van der Waals surface area (Å²) in [7, 11) is 0. The molecule has 0 aliphatic carbocycles. The van der Waals surface area contributed by atoms with Crippen molar-refractivity contribution in [1.29, 1.82) is 0 Å². The lowest BCUT2D eigenvalue weighted by atomic mass is 9.93. The highest BCUT2D eigenvalue weighted by Crippen LogP contribution is 2.42. The number of para-hydroxylation sites is 2. The number of benzene rings is 7. The topological polar surface area (TPSA) is 41.9 Å². The van der Waals surface area contributed by atoms with E-state index in [-0.39, 0.29) is 0 Å². The first-order valence-corrected chi connectivity index (χ1v) is 17.2. The summed E-state index contributed by atoms with van der Waals surface area (Å²) in [6.07, 6.45) is 3.72. The van der Waals surface area contributed by atoms with Crippen LogP contribution < -0.4 is 4.90 Å². The predicted octanol–water partition coefficient (Wildman–Crippen LogP) is 12.4. The van der Waals surface area contributed by atoms with Crippen molar-refractivity contribution in [2.45, 2.75) is 0 Å². The zero-order chi connectivity index (χ0) is 33.7. The molecule has 0 atom stereocenters. The predicted molar refractivity (Wildman–Crippen MR) is 213 cm³/mol. The molecule has 0 unspecified atom stereocenters. The zero-order valence-electron chi connectivity index (χ0n) is 27.6. The van der Waals surface area contributed by atoms with E-state index in [0.717, 1.165) is 77.5 Å². The molecular formula is C47H30N4. The number of anilines is 3. The van der Waals surface area contributed by atoms with E-state index in [1.807, 2.05) is 18.5 Å². The Bertz CT molecular complexity index is 2880. The van der Waals surface area contributed by atoms with Crippen LogP contribution in [0.15, 0.2) is 182 Å². The number of hydrogen-bond donors (Lipinski definition) is 0. The molecule has 0 bridgehead atoms. The van der Waals surface area contributed by atoms with Crippen molar-refractivity contribution in [3.63, 3.8) is 0 Å². The van der Waals surface area contributed by atoms with Crippen molar-refractivity contribution in [3.05, 3.63) is 182 Å². The fourth-order valence-corrected chi connectivity index (χ4v) is 7.56. The molecule has 51 heavy (non-hydrogen) atoms.